The van der Waals surface area contributed by atoms with Gasteiger partial charge in [0.15, 0.2) is 0 Å². The molecule has 2 unspecified atom stereocenters. The number of piperidine rings is 1. The minimum absolute atomic E-state index is 0.0924. The summed E-state index contributed by atoms with van der Waals surface area (Å²) >= 11 is 7.81. The quantitative estimate of drug-likeness (QED) is 0.346. The summed E-state index contributed by atoms with van der Waals surface area (Å²) in [5, 5.41) is 4.20. The molecule has 1 saturated heterocycles. The van der Waals surface area contributed by atoms with Crippen molar-refractivity contribution in [2.45, 2.75) is 54.3 Å². The Morgan fingerprint density at radius 1 is 1.38 bits per heavy atom. The minimum atomic E-state index is -0.426. The number of nitrogens with zero attached hydrogens (tertiary/aromatic N) is 3. The number of aromatic nitrogens is 1. The Hall–Kier alpha value is -1.06. The predicted molar refractivity (Wildman–Crippen MR) is 125 cm³/mol. The highest BCUT2D eigenvalue weighted by Crippen LogP contribution is 2.30. The molecule has 0 radical (unpaired) electrons. The number of thiol groups is 1. The van der Waals surface area contributed by atoms with Crippen molar-refractivity contribution in [2.24, 2.45) is 5.73 Å². The zero-order valence-electron chi connectivity index (χ0n) is 16.8. The molecule has 0 bridgehead atoms. The van der Waals surface area contributed by atoms with Crippen LogP contribution in [0.1, 0.15) is 31.7 Å². The number of nitrogens with two attached hydrogens (primary N) is 1. The van der Waals surface area contributed by atoms with Crippen molar-refractivity contribution in [3.63, 3.8) is 0 Å². The Bertz CT molecular complexity index is 736. The van der Waals surface area contributed by atoms with Gasteiger partial charge in [-0.15, -0.1) is 11.8 Å². The van der Waals surface area contributed by atoms with E-state index >= 15 is 0 Å². The second kappa shape index (κ2) is 11.4. The van der Waals surface area contributed by atoms with E-state index in [2.05, 4.69) is 51.2 Å². The number of hydrogen-bond acceptors (Lipinski definition) is 7. The highest BCUT2D eigenvalue weighted by atomic mass is 32.2. The summed E-state index contributed by atoms with van der Waals surface area (Å²) in [7, 11) is 0. The maximum Gasteiger partial charge on any atom is 0.246 e. The van der Waals surface area contributed by atoms with Crippen LogP contribution in [0.25, 0.3) is 0 Å². The van der Waals surface area contributed by atoms with Gasteiger partial charge in [-0.1, -0.05) is 0 Å². The van der Waals surface area contributed by atoms with Crippen LogP contribution in [0.2, 0.25) is 0 Å². The van der Waals surface area contributed by atoms with Crippen LogP contribution in [0, 0.1) is 0 Å². The van der Waals surface area contributed by atoms with Crippen LogP contribution in [-0.2, 0) is 11.3 Å². The molecule has 1 amide bonds. The number of hydrogen-bond donors (Lipinski definition) is 2. The first-order chi connectivity index (χ1) is 14.1. The third-order valence-corrected chi connectivity index (χ3v) is 7.71. The van der Waals surface area contributed by atoms with Crippen LogP contribution in [0.3, 0.4) is 0 Å². The lowest BCUT2D eigenvalue weighted by Crippen LogP contribution is -2.50. The van der Waals surface area contributed by atoms with Crippen molar-refractivity contribution in [2.75, 3.05) is 19.6 Å². The summed E-state index contributed by atoms with van der Waals surface area (Å²) in [6.45, 7) is 5.63. The van der Waals surface area contributed by atoms with Crippen molar-refractivity contribution >= 4 is 41.6 Å². The number of rotatable bonds is 9. The lowest BCUT2D eigenvalue weighted by atomic mass is 10.00. The summed E-state index contributed by atoms with van der Waals surface area (Å²) in [6.07, 6.45) is 6.49. The predicted octanol–water partition coefficient (Wildman–Crippen LogP) is 3.72. The molecule has 3 heterocycles. The first kappa shape index (κ1) is 22.6. The Balaban J connectivity index is 1.67. The van der Waals surface area contributed by atoms with E-state index in [1.807, 2.05) is 12.1 Å². The van der Waals surface area contributed by atoms with Crippen LogP contribution in [0.15, 0.2) is 46.2 Å². The van der Waals surface area contributed by atoms with E-state index in [1.165, 1.54) is 17.3 Å². The van der Waals surface area contributed by atoms with E-state index in [4.69, 9.17) is 5.73 Å². The monoisotopic (exact) mass is 450 g/mol. The van der Waals surface area contributed by atoms with E-state index < -0.39 is 4.58 Å². The number of carbonyl (C=O) groups excluding carboxylic acids is 1. The second-order valence-corrected chi connectivity index (χ2v) is 10.3. The van der Waals surface area contributed by atoms with Gasteiger partial charge in [0, 0.05) is 49.0 Å². The number of carbonyl (C=O) groups is 1. The smallest absolute Gasteiger partial charge is 0.246 e. The lowest BCUT2D eigenvalue weighted by molar-refractivity contribution is -0.133. The molecule has 1 aliphatic heterocycles. The van der Waals surface area contributed by atoms with Gasteiger partial charge in [0.05, 0.1) is 0 Å². The second-order valence-electron chi connectivity index (χ2n) is 7.44. The van der Waals surface area contributed by atoms with Crippen LogP contribution < -0.4 is 5.73 Å². The topological polar surface area (TPSA) is 62.5 Å². The summed E-state index contributed by atoms with van der Waals surface area (Å²) < 4.78 is -0.426. The Morgan fingerprint density at radius 2 is 2.10 bits per heavy atom. The normalized spacial score (nSPS) is 17.8. The van der Waals surface area contributed by atoms with Crippen LogP contribution in [-0.4, -0.2) is 57.0 Å². The lowest BCUT2D eigenvalue weighted by Gasteiger charge is -2.41. The molecule has 1 fully saturated rings. The standard InChI is InChI=1S/C21H30N4OS3/c1-16(2-8-22)24-11-5-18(6-12-24)25(14-17-7-13-28-15-17)20(26)21(27)29-19-3-9-23-10-4-19/h3-4,7,9-10,13,15-16,18,21,27H,2,5-6,8,11-12,14,22H2,1H3. The summed E-state index contributed by atoms with van der Waals surface area (Å²) in [5.41, 5.74) is 6.92. The number of likely N-dealkylation sites (tertiary alicyclic amines) is 1. The fourth-order valence-corrected chi connectivity index (χ4v) is 5.71. The largest absolute Gasteiger partial charge is 0.334 e. The third kappa shape index (κ3) is 6.46. The molecule has 158 valence electrons. The molecule has 8 heteroatoms. The van der Waals surface area contributed by atoms with E-state index in [1.54, 1.807) is 23.7 Å². The van der Waals surface area contributed by atoms with Gasteiger partial charge in [0.2, 0.25) is 5.91 Å². The van der Waals surface area contributed by atoms with E-state index in [9.17, 15) is 4.79 Å². The van der Waals surface area contributed by atoms with E-state index in [-0.39, 0.29) is 11.9 Å². The maximum absolute atomic E-state index is 13.4. The van der Waals surface area contributed by atoms with Crippen molar-refractivity contribution in [3.8, 4) is 0 Å². The molecular formula is C21H30N4OS3. The van der Waals surface area contributed by atoms with Crippen molar-refractivity contribution in [1.29, 1.82) is 0 Å². The van der Waals surface area contributed by atoms with Gasteiger partial charge in [-0.2, -0.15) is 24.0 Å². The van der Waals surface area contributed by atoms with Gasteiger partial charge in [0.25, 0.3) is 0 Å². The van der Waals surface area contributed by atoms with Gasteiger partial charge in [-0.25, -0.2) is 0 Å². The maximum atomic E-state index is 13.4. The first-order valence-corrected chi connectivity index (χ1v) is 12.4. The average molecular weight is 451 g/mol. The molecule has 2 aromatic heterocycles. The fraction of sp³-hybridized carbons (Fsp3) is 0.524. The summed E-state index contributed by atoms with van der Waals surface area (Å²) in [4.78, 5) is 23.0. The van der Waals surface area contributed by atoms with Crippen LogP contribution >= 0.6 is 35.7 Å². The Labute approximate surface area is 187 Å². The number of amides is 1. The Morgan fingerprint density at radius 3 is 2.72 bits per heavy atom. The molecule has 3 rings (SSSR count). The average Bonchev–Trinajstić information content (AvgIpc) is 3.26. The molecule has 2 N–H and O–H groups in total. The van der Waals surface area contributed by atoms with Gasteiger partial charge < -0.3 is 15.5 Å². The molecule has 5 nitrogen and oxygen atoms in total. The Kier molecular flexibility index (Phi) is 8.86. The number of thiophene rings is 1. The third-order valence-electron chi connectivity index (χ3n) is 5.47. The summed E-state index contributed by atoms with van der Waals surface area (Å²) in [5.74, 6) is 0.0924. The van der Waals surface area contributed by atoms with E-state index in [0.29, 0.717) is 12.6 Å². The minimum Gasteiger partial charge on any atom is -0.334 e. The SMILES string of the molecule is CC(CCN)N1CCC(N(Cc2ccsc2)C(=O)C(S)Sc2ccncc2)CC1. The zero-order chi connectivity index (χ0) is 20.6. The molecule has 2 aromatic rings. The van der Waals surface area contributed by atoms with Crippen LogP contribution in [0.4, 0.5) is 0 Å². The van der Waals surface area contributed by atoms with E-state index in [0.717, 1.165) is 43.8 Å². The van der Waals surface area contributed by atoms with Crippen molar-refractivity contribution < 1.29 is 4.79 Å². The fourth-order valence-electron chi connectivity index (χ4n) is 3.77. The first-order valence-electron chi connectivity index (χ1n) is 10.1. The molecule has 2 atom stereocenters. The highest BCUT2D eigenvalue weighted by Gasteiger charge is 2.32. The van der Waals surface area contributed by atoms with Gasteiger partial charge in [-0.05, 0) is 67.3 Å². The number of pyridine rings is 1. The van der Waals surface area contributed by atoms with Crippen molar-refractivity contribution in [1.82, 2.24) is 14.8 Å². The van der Waals surface area contributed by atoms with Crippen LogP contribution in [0.5, 0.6) is 0 Å². The molecule has 29 heavy (non-hydrogen) atoms. The zero-order valence-corrected chi connectivity index (χ0v) is 19.3. The van der Waals surface area contributed by atoms with Gasteiger partial charge in [-0.3, -0.25) is 9.78 Å². The summed E-state index contributed by atoms with van der Waals surface area (Å²) in [6, 6.07) is 6.69. The highest BCUT2D eigenvalue weighted by molar-refractivity contribution is 8.11. The molecule has 1 aliphatic rings. The molecular weight excluding hydrogens is 420 g/mol. The van der Waals surface area contributed by atoms with Gasteiger partial charge >= 0.3 is 0 Å². The molecule has 0 spiro atoms. The van der Waals surface area contributed by atoms with Gasteiger partial charge in [0.1, 0.15) is 4.58 Å². The molecule has 0 aliphatic carbocycles. The molecule has 0 aromatic carbocycles. The molecule has 0 saturated carbocycles. The number of thioether (sulfide) groups is 1. The van der Waals surface area contributed by atoms with Crippen molar-refractivity contribution in [3.05, 3.63) is 46.9 Å².